The molecular formula is C18H17Cl2N3O3S3. The Balaban J connectivity index is 1.85. The molecule has 0 fully saturated rings. The van der Waals surface area contributed by atoms with E-state index in [4.69, 9.17) is 23.2 Å². The van der Waals surface area contributed by atoms with E-state index in [9.17, 15) is 13.2 Å². The van der Waals surface area contributed by atoms with Crippen molar-refractivity contribution in [2.24, 2.45) is 0 Å². The van der Waals surface area contributed by atoms with Gasteiger partial charge >= 0.3 is 0 Å². The Labute approximate surface area is 187 Å². The van der Waals surface area contributed by atoms with E-state index in [-0.39, 0.29) is 21.5 Å². The number of benzene rings is 1. The van der Waals surface area contributed by atoms with E-state index in [1.54, 1.807) is 25.3 Å². The second-order valence-corrected chi connectivity index (χ2v) is 11.3. The van der Waals surface area contributed by atoms with E-state index in [1.807, 2.05) is 6.07 Å². The van der Waals surface area contributed by atoms with Crippen molar-refractivity contribution in [2.45, 2.75) is 24.8 Å². The number of carbonyl (C=O) groups is 1. The summed E-state index contributed by atoms with van der Waals surface area (Å²) >= 11 is 14.7. The van der Waals surface area contributed by atoms with Gasteiger partial charge in [0.05, 0.1) is 30.4 Å². The quantitative estimate of drug-likeness (QED) is 0.498. The van der Waals surface area contributed by atoms with Crippen LogP contribution >= 0.6 is 45.9 Å². The third-order valence-electron chi connectivity index (χ3n) is 4.14. The lowest BCUT2D eigenvalue weighted by molar-refractivity contribution is 0.102. The number of thiazole rings is 1. The predicted octanol–water partition coefficient (Wildman–Crippen LogP) is 5.46. The number of halogens is 2. The van der Waals surface area contributed by atoms with Gasteiger partial charge in [-0.05, 0) is 44.2 Å². The summed E-state index contributed by atoms with van der Waals surface area (Å²) < 4.78 is 27.3. The van der Waals surface area contributed by atoms with Crippen LogP contribution in [0, 0.1) is 0 Å². The van der Waals surface area contributed by atoms with Crippen molar-refractivity contribution in [3.63, 3.8) is 0 Å². The maximum atomic E-state index is 12.7. The Morgan fingerprint density at radius 2 is 1.93 bits per heavy atom. The van der Waals surface area contributed by atoms with Crippen LogP contribution in [-0.4, -0.2) is 36.7 Å². The lowest BCUT2D eigenvalue weighted by atomic mass is 10.2. The summed E-state index contributed by atoms with van der Waals surface area (Å²) in [5.74, 6) is -0.538. The first-order chi connectivity index (χ1) is 13.6. The molecule has 2 heterocycles. The smallest absolute Gasteiger partial charge is 0.259 e. The molecule has 0 aliphatic heterocycles. The number of carbonyl (C=O) groups excluding carboxylic acids is 1. The maximum absolute atomic E-state index is 12.7. The van der Waals surface area contributed by atoms with Crippen molar-refractivity contribution in [1.82, 2.24) is 9.29 Å². The van der Waals surface area contributed by atoms with E-state index in [2.05, 4.69) is 10.3 Å². The van der Waals surface area contributed by atoms with Gasteiger partial charge in [-0.25, -0.2) is 13.4 Å². The first-order valence-corrected chi connectivity index (χ1v) is 12.3. The number of amides is 1. The van der Waals surface area contributed by atoms with Crippen LogP contribution in [-0.2, 0) is 10.0 Å². The van der Waals surface area contributed by atoms with Crippen molar-refractivity contribution < 1.29 is 13.2 Å². The molecule has 0 atom stereocenters. The third kappa shape index (κ3) is 4.82. The summed E-state index contributed by atoms with van der Waals surface area (Å²) in [6.07, 6.45) is 0. The average molecular weight is 490 g/mol. The van der Waals surface area contributed by atoms with Crippen LogP contribution in [0.25, 0.3) is 10.6 Å². The SMILES string of the molecule is CC(C)N(C)S(=O)(=O)c1ccc(Cl)c(C(=O)Nc2nc(-c3ccc(Cl)s3)cs2)c1. The fourth-order valence-corrected chi connectivity index (χ4v) is 5.73. The van der Waals surface area contributed by atoms with Gasteiger partial charge in [0, 0.05) is 18.5 Å². The van der Waals surface area contributed by atoms with Gasteiger partial charge in [0.1, 0.15) is 0 Å². The highest BCUT2D eigenvalue weighted by Crippen LogP contribution is 2.33. The van der Waals surface area contributed by atoms with Crippen LogP contribution in [0.4, 0.5) is 5.13 Å². The minimum Gasteiger partial charge on any atom is -0.298 e. The summed E-state index contributed by atoms with van der Waals surface area (Å²) in [5, 5.41) is 5.00. The summed E-state index contributed by atoms with van der Waals surface area (Å²) in [6, 6.07) is 7.46. The predicted molar refractivity (Wildman–Crippen MR) is 120 cm³/mol. The molecule has 0 radical (unpaired) electrons. The Kier molecular flexibility index (Phi) is 6.67. The second kappa shape index (κ2) is 8.71. The number of hydrogen-bond acceptors (Lipinski definition) is 6. The van der Waals surface area contributed by atoms with Gasteiger partial charge in [-0.1, -0.05) is 23.2 Å². The van der Waals surface area contributed by atoms with Crippen molar-refractivity contribution in [2.75, 3.05) is 12.4 Å². The second-order valence-electron chi connectivity index (χ2n) is 6.35. The fourth-order valence-electron chi connectivity index (χ4n) is 2.34. The van der Waals surface area contributed by atoms with Crippen LogP contribution < -0.4 is 5.32 Å². The number of aromatic nitrogens is 1. The first kappa shape index (κ1) is 22.2. The number of anilines is 1. The molecule has 6 nitrogen and oxygen atoms in total. The monoisotopic (exact) mass is 489 g/mol. The summed E-state index contributed by atoms with van der Waals surface area (Å²) in [6.45, 7) is 3.53. The van der Waals surface area contributed by atoms with Gasteiger partial charge in [0.25, 0.3) is 5.91 Å². The molecule has 0 unspecified atom stereocenters. The number of sulfonamides is 1. The van der Waals surface area contributed by atoms with Crippen LogP contribution in [0.5, 0.6) is 0 Å². The number of nitrogens with zero attached hydrogens (tertiary/aromatic N) is 2. The zero-order valence-electron chi connectivity index (χ0n) is 15.6. The summed E-state index contributed by atoms with van der Waals surface area (Å²) in [5.41, 5.74) is 0.754. The largest absolute Gasteiger partial charge is 0.298 e. The van der Waals surface area contributed by atoms with Crippen LogP contribution in [0.1, 0.15) is 24.2 Å². The molecule has 2 aromatic heterocycles. The van der Waals surface area contributed by atoms with Crippen molar-refractivity contribution in [1.29, 1.82) is 0 Å². The molecule has 0 aliphatic rings. The first-order valence-electron chi connectivity index (χ1n) is 8.39. The van der Waals surface area contributed by atoms with Crippen molar-refractivity contribution in [3.05, 3.63) is 50.6 Å². The number of thiophene rings is 1. The summed E-state index contributed by atoms with van der Waals surface area (Å²) in [4.78, 5) is 18.0. The highest BCUT2D eigenvalue weighted by atomic mass is 35.5. The molecular weight excluding hydrogens is 473 g/mol. The molecule has 0 aliphatic carbocycles. The molecule has 29 heavy (non-hydrogen) atoms. The molecule has 0 saturated heterocycles. The van der Waals surface area contributed by atoms with Crippen LogP contribution in [0.15, 0.2) is 40.6 Å². The molecule has 11 heteroatoms. The molecule has 0 bridgehead atoms. The van der Waals surface area contributed by atoms with Gasteiger partial charge in [-0.15, -0.1) is 22.7 Å². The Bertz CT molecular complexity index is 1160. The van der Waals surface area contributed by atoms with Crippen LogP contribution in [0.2, 0.25) is 9.36 Å². The minimum absolute atomic E-state index is 0.00342. The standard InChI is InChI=1S/C18H17Cl2N3O3S3/c1-10(2)23(3)29(25,26)11-4-5-13(19)12(8-11)17(24)22-18-21-14(9-27-18)15-6-7-16(20)28-15/h4-10H,1-3H3,(H,21,22,24). The molecule has 154 valence electrons. The third-order valence-corrected chi connectivity index (χ3v) is 8.51. The zero-order chi connectivity index (χ0) is 21.3. The highest BCUT2D eigenvalue weighted by molar-refractivity contribution is 7.89. The Morgan fingerprint density at radius 1 is 1.21 bits per heavy atom. The Morgan fingerprint density at radius 3 is 2.55 bits per heavy atom. The van der Waals surface area contributed by atoms with Crippen molar-refractivity contribution >= 4 is 66.9 Å². The highest BCUT2D eigenvalue weighted by Gasteiger charge is 2.25. The van der Waals surface area contributed by atoms with Crippen LogP contribution in [0.3, 0.4) is 0 Å². The maximum Gasteiger partial charge on any atom is 0.259 e. The molecule has 1 aromatic carbocycles. The lowest BCUT2D eigenvalue weighted by Gasteiger charge is -2.21. The fraction of sp³-hybridized carbons (Fsp3) is 0.222. The van der Waals surface area contributed by atoms with E-state index in [0.717, 1.165) is 4.88 Å². The molecule has 1 amide bonds. The number of rotatable bonds is 6. The minimum atomic E-state index is -3.74. The van der Waals surface area contributed by atoms with Gasteiger partial charge in [0.2, 0.25) is 10.0 Å². The van der Waals surface area contributed by atoms with Gasteiger partial charge in [-0.3, -0.25) is 10.1 Å². The number of hydrogen-bond donors (Lipinski definition) is 1. The lowest BCUT2D eigenvalue weighted by Crippen LogP contribution is -2.33. The van der Waals surface area contributed by atoms with Crippen molar-refractivity contribution in [3.8, 4) is 10.6 Å². The normalized spacial score (nSPS) is 12.0. The molecule has 3 aromatic rings. The molecule has 3 rings (SSSR count). The average Bonchev–Trinajstić information content (AvgIpc) is 3.29. The van der Waals surface area contributed by atoms with Gasteiger partial charge < -0.3 is 0 Å². The molecule has 0 spiro atoms. The topological polar surface area (TPSA) is 79.4 Å². The van der Waals surface area contributed by atoms with Gasteiger partial charge in [0.15, 0.2) is 5.13 Å². The molecule has 0 saturated carbocycles. The van der Waals surface area contributed by atoms with E-state index < -0.39 is 15.9 Å². The number of nitrogens with one attached hydrogen (secondary N) is 1. The van der Waals surface area contributed by atoms with E-state index in [0.29, 0.717) is 15.2 Å². The zero-order valence-corrected chi connectivity index (χ0v) is 19.6. The van der Waals surface area contributed by atoms with E-state index in [1.165, 1.54) is 52.2 Å². The van der Waals surface area contributed by atoms with Gasteiger partial charge in [-0.2, -0.15) is 4.31 Å². The Hall–Kier alpha value is -1.49. The van der Waals surface area contributed by atoms with E-state index >= 15 is 0 Å². The summed E-state index contributed by atoms with van der Waals surface area (Å²) in [7, 11) is -2.25. The molecule has 1 N–H and O–H groups in total.